The van der Waals surface area contributed by atoms with Gasteiger partial charge in [0.2, 0.25) is 5.16 Å². The van der Waals surface area contributed by atoms with Crippen molar-refractivity contribution in [2.45, 2.75) is 10.9 Å². The molecule has 0 bridgehead atoms. The molecule has 0 unspecified atom stereocenters. The lowest BCUT2D eigenvalue weighted by Gasteiger charge is -1.97. The second-order valence-electron chi connectivity index (χ2n) is 5.39. The first kappa shape index (κ1) is 17.2. The number of thiazole rings is 1. The summed E-state index contributed by atoms with van der Waals surface area (Å²) < 4.78 is 13.8. The fourth-order valence-electron chi connectivity index (χ4n) is 2.32. The minimum Gasteiger partial charge on any atom is -0.258 e. The fraction of sp³-hybridized carbons (Fsp3) is 0.0556. The third-order valence-corrected chi connectivity index (χ3v) is 5.66. The minimum absolute atomic E-state index is 0.327. The van der Waals surface area contributed by atoms with Crippen LogP contribution in [-0.4, -0.2) is 20.2 Å². The first-order valence-electron chi connectivity index (χ1n) is 7.69. The predicted molar refractivity (Wildman–Crippen MR) is 104 cm³/mol. The van der Waals surface area contributed by atoms with E-state index in [2.05, 4.69) is 20.2 Å². The van der Waals surface area contributed by atoms with Gasteiger partial charge < -0.3 is 0 Å². The van der Waals surface area contributed by atoms with Crippen molar-refractivity contribution in [2.24, 2.45) is 0 Å². The highest BCUT2D eigenvalue weighted by molar-refractivity contribution is 7.98. The normalized spacial score (nSPS) is 11.0. The minimum atomic E-state index is -0.327. The summed E-state index contributed by atoms with van der Waals surface area (Å²) in [5.41, 5.74) is 2.39. The Hall–Kier alpha value is -2.22. The van der Waals surface area contributed by atoms with Crippen molar-refractivity contribution >= 4 is 34.7 Å². The second kappa shape index (κ2) is 7.57. The molecule has 0 aliphatic carbocycles. The summed E-state index contributed by atoms with van der Waals surface area (Å²) in [6.07, 6.45) is 0. The third kappa shape index (κ3) is 3.80. The molecule has 0 atom stereocenters. The van der Waals surface area contributed by atoms with E-state index in [0.717, 1.165) is 16.3 Å². The Morgan fingerprint density at radius 1 is 1.08 bits per heavy atom. The number of nitrogens with one attached hydrogen (secondary N) is 1. The van der Waals surface area contributed by atoms with E-state index in [4.69, 9.17) is 11.6 Å². The third-order valence-electron chi connectivity index (χ3n) is 3.59. The fourth-order valence-corrected chi connectivity index (χ4v) is 4.07. The molecule has 0 saturated carbocycles. The highest BCUT2D eigenvalue weighted by Gasteiger charge is 2.11. The monoisotopic (exact) mass is 402 g/mol. The summed E-state index contributed by atoms with van der Waals surface area (Å²) in [6, 6.07) is 14.1. The van der Waals surface area contributed by atoms with Crippen LogP contribution < -0.4 is 0 Å². The largest absolute Gasteiger partial charge is 0.258 e. The van der Waals surface area contributed by atoms with Gasteiger partial charge in [-0.3, -0.25) is 5.10 Å². The van der Waals surface area contributed by atoms with Gasteiger partial charge in [-0.2, -0.15) is 0 Å². The van der Waals surface area contributed by atoms with Gasteiger partial charge in [0.15, 0.2) is 5.82 Å². The molecule has 0 aliphatic heterocycles. The zero-order chi connectivity index (χ0) is 17.9. The molecule has 26 heavy (non-hydrogen) atoms. The van der Waals surface area contributed by atoms with Gasteiger partial charge in [0, 0.05) is 21.7 Å². The van der Waals surface area contributed by atoms with Gasteiger partial charge >= 0.3 is 0 Å². The number of aromatic nitrogens is 4. The lowest BCUT2D eigenvalue weighted by Crippen LogP contribution is -1.85. The first-order valence-corrected chi connectivity index (χ1v) is 9.94. The highest BCUT2D eigenvalue weighted by Crippen LogP contribution is 2.28. The van der Waals surface area contributed by atoms with Crippen LogP contribution in [0.1, 0.15) is 5.69 Å². The standard InChI is InChI=1S/C18H12ClFN4S2/c19-12-7-5-11(6-8-12)17-21-13(9-25-17)10-26-18-22-16(23-24-18)14-3-1-2-4-15(14)20/h1-9H,10H2,(H,22,23,24). The van der Waals surface area contributed by atoms with E-state index in [1.54, 1.807) is 29.5 Å². The average molecular weight is 403 g/mol. The summed E-state index contributed by atoms with van der Waals surface area (Å²) in [4.78, 5) is 8.98. The molecule has 2 heterocycles. The van der Waals surface area contributed by atoms with Crippen LogP contribution in [0.15, 0.2) is 59.1 Å². The Morgan fingerprint density at radius 3 is 2.69 bits per heavy atom. The molecule has 0 saturated heterocycles. The number of rotatable bonds is 5. The van der Waals surface area contributed by atoms with Gasteiger partial charge in [-0.05, 0) is 24.3 Å². The Balaban J connectivity index is 1.44. The van der Waals surface area contributed by atoms with Crippen LogP contribution in [0.25, 0.3) is 22.0 Å². The number of H-pyrrole nitrogens is 1. The lowest BCUT2D eigenvalue weighted by atomic mass is 10.2. The van der Waals surface area contributed by atoms with Gasteiger partial charge in [0.05, 0.1) is 11.3 Å². The number of hydrogen-bond acceptors (Lipinski definition) is 5. The van der Waals surface area contributed by atoms with Crippen molar-refractivity contribution in [1.82, 2.24) is 20.2 Å². The van der Waals surface area contributed by atoms with Crippen LogP contribution in [0, 0.1) is 5.82 Å². The Bertz CT molecular complexity index is 1030. The van der Waals surface area contributed by atoms with Crippen molar-refractivity contribution in [3.05, 3.63) is 70.4 Å². The summed E-state index contributed by atoms with van der Waals surface area (Å²) in [5.74, 6) is 0.733. The van der Waals surface area contributed by atoms with E-state index in [-0.39, 0.29) is 5.82 Å². The van der Waals surface area contributed by atoms with Gasteiger partial charge in [-0.25, -0.2) is 14.4 Å². The van der Waals surface area contributed by atoms with E-state index >= 15 is 0 Å². The molecule has 4 rings (SSSR count). The summed E-state index contributed by atoms with van der Waals surface area (Å²) in [6.45, 7) is 0. The Morgan fingerprint density at radius 2 is 1.88 bits per heavy atom. The van der Waals surface area contributed by atoms with Crippen LogP contribution in [0.5, 0.6) is 0 Å². The lowest BCUT2D eigenvalue weighted by molar-refractivity contribution is 0.630. The summed E-state index contributed by atoms with van der Waals surface area (Å²) >= 11 is 8.95. The maximum Gasteiger partial charge on any atom is 0.209 e. The van der Waals surface area contributed by atoms with Crippen LogP contribution in [-0.2, 0) is 5.75 Å². The number of aromatic amines is 1. The molecule has 0 amide bonds. The van der Waals surface area contributed by atoms with Gasteiger partial charge in [0.1, 0.15) is 10.8 Å². The van der Waals surface area contributed by atoms with Crippen LogP contribution in [0.4, 0.5) is 4.39 Å². The second-order valence-corrected chi connectivity index (χ2v) is 7.62. The van der Waals surface area contributed by atoms with E-state index in [1.165, 1.54) is 17.8 Å². The highest BCUT2D eigenvalue weighted by atomic mass is 35.5. The molecule has 0 radical (unpaired) electrons. The van der Waals surface area contributed by atoms with Crippen molar-refractivity contribution in [2.75, 3.05) is 0 Å². The Kier molecular flexibility index (Phi) is 5.01. The number of nitrogens with zero attached hydrogens (tertiary/aromatic N) is 3. The molecule has 0 fully saturated rings. The smallest absolute Gasteiger partial charge is 0.209 e. The molecule has 4 nitrogen and oxygen atoms in total. The van der Waals surface area contributed by atoms with Crippen molar-refractivity contribution < 1.29 is 4.39 Å². The number of benzene rings is 2. The first-order chi connectivity index (χ1) is 12.7. The maximum absolute atomic E-state index is 13.8. The van der Waals surface area contributed by atoms with E-state index in [9.17, 15) is 4.39 Å². The molecule has 2 aromatic carbocycles. The quantitative estimate of drug-likeness (QED) is 0.436. The van der Waals surface area contributed by atoms with E-state index in [1.807, 2.05) is 29.6 Å². The van der Waals surface area contributed by atoms with Gasteiger partial charge in [0.25, 0.3) is 0 Å². The molecular weight excluding hydrogens is 391 g/mol. The maximum atomic E-state index is 13.8. The molecule has 130 valence electrons. The van der Waals surface area contributed by atoms with Crippen LogP contribution >= 0.6 is 34.7 Å². The molecule has 4 aromatic rings. The molecule has 1 N–H and O–H groups in total. The predicted octanol–water partition coefficient (Wildman–Crippen LogP) is 5.68. The molecule has 0 aliphatic rings. The van der Waals surface area contributed by atoms with Crippen LogP contribution in [0.3, 0.4) is 0 Å². The van der Waals surface area contributed by atoms with E-state index < -0.39 is 0 Å². The molecule has 2 aromatic heterocycles. The topological polar surface area (TPSA) is 54.5 Å². The van der Waals surface area contributed by atoms with Gasteiger partial charge in [-0.1, -0.05) is 47.6 Å². The van der Waals surface area contributed by atoms with Crippen molar-refractivity contribution in [1.29, 1.82) is 0 Å². The number of halogens is 2. The number of thioether (sulfide) groups is 1. The van der Waals surface area contributed by atoms with E-state index in [0.29, 0.717) is 27.3 Å². The molecule has 8 heteroatoms. The summed E-state index contributed by atoms with van der Waals surface area (Å²) in [5, 5.41) is 11.2. The van der Waals surface area contributed by atoms with Crippen molar-refractivity contribution in [3.8, 4) is 22.0 Å². The Labute approximate surface area is 162 Å². The molecule has 0 spiro atoms. The molecular formula is C18H12ClFN4S2. The zero-order valence-corrected chi connectivity index (χ0v) is 15.7. The SMILES string of the molecule is Fc1ccccc1-c1nc(SCc2csc(-c3ccc(Cl)cc3)n2)n[nH]1. The van der Waals surface area contributed by atoms with Crippen molar-refractivity contribution in [3.63, 3.8) is 0 Å². The van der Waals surface area contributed by atoms with Crippen LogP contribution in [0.2, 0.25) is 5.02 Å². The number of hydrogen-bond donors (Lipinski definition) is 1. The average Bonchev–Trinajstić information content (AvgIpc) is 3.30. The summed E-state index contributed by atoms with van der Waals surface area (Å²) in [7, 11) is 0. The van der Waals surface area contributed by atoms with Gasteiger partial charge in [-0.15, -0.1) is 16.4 Å². The zero-order valence-electron chi connectivity index (χ0n) is 13.3.